The van der Waals surface area contributed by atoms with Crippen molar-refractivity contribution in [2.75, 3.05) is 5.75 Å². The zero-order valence-electron chi connectivity index (χ0n) is 13.5. The first kappa shape index (κ1) is 14.5. The Kier molecular flexibility index (Phi) is 3.24. The van der Waals surface area contributed by atoms with Gasteiger partial charge in [-0.25, -0.2) is 0 Å². The molecule has 0 atom stereocenters. The van der Waals surface area contributed by atoms with Crippen LogP contribution in [-0.2, 0) is 0 Å². The molecular weight excluding hydrogens is 332 g/mol. The molecule has 0 bridgehead atoms. The van der Waals surface area contributed by atoms with Crippen molar-refractivity contribution in [3.8, 4) is 11.4 Å². The van der Waals surface area contributed by atoms with Gasteiger partial charge in [0.1, 0.15) is 11.3 Å². The van der Waals surface area contributed by atoms with E-state index in [0.717, 1.165) is 39.0 Å². The van der Waals surface area contributed by atoms with Crippen LogP contribution >= 0.6 is 11.8 Å². The molecule has 0 amide bonds. The quantitative estimate of drug-likeness (QED) is 0.541. The predicted molar refractivity (Wildman–Crippen MR) is 99.1 cm³/mol. The Labute approximate surface area is 148 Å². The van der Waals surface area contributed by atoms with Crippen molar-refractivity contribution < 1.29 is 4.42 Å². The third-order valence-corrected chi connectivity index (χ3v) is 5.09. The molecule has 5 nitrogen and oxygen atoms in total. The first-order valence-corrected chi connectivity index (χ1v) is 8.98. The van der Waals surface area contributed by atoms with Crippen LogP contribution in [0.5, 0.6) is 0 Å². The van der Waals surface area contributed by atoms with Gasteiger partial charge in [-0.15, -0.1) is 10.2 Å². The minimum absolute atomic E-state index is 0.714. The van der Waals surface area contributed by atoms with E-state index in [1.165, 1.54) is 5.56 Å². The fourth-order valence-electron chi connectivity index (χ4n) is 2.94. The molecule has 0 N–H and O–H groups in total. The van der Waals surface area contributed by atoms with E-state index in [1.54, 1.807) is 11.8 Å². The van der Waals surface area contributed by atoms with Gasteiger partial charge >= 0.3 is 0 Å². The zero-order chi connectivity index (χ0) is 16.8. The molecule has 0 spiro atoms. The minimum atomic E-state index is 0.714. The summed E-state index contributed by atoms with van der Waals surface area (Å²) in [5.74, 6) is 2.26. The lowest BCUT2D eigenvalue weighted by Gasteiger charge is -2.12. The minimum Gasteiger partial charge on any atom is -0.455 e. The number of fused-ring (bicyclic) bond motifs is 2. The summed E-state index contributed by atoms with van der Waals surface area (Å²) in [4.78, 5) is 0. The number of para-hydroxylation sites is 1. The van der Waals surface area contributed by atoms with Crippen LogP contribution in [0.4, 0.5) is 0 Å². The zero-order valence-corrected chi connectivity index (χ0v) is 14.3. The largest absolute Gasteiger partial charge is 0.455 e. The van der Waals surface area contributed by atoms with Crippen molar-refractivity contribution in [1.82, 2.24) is 14.9 Å². The SMILES string of the molecule is Cc1cccc(-c2nnc3n2N=C(c2cc4ccccc4o2)CS3)c1. The van der Waals surface area contributed by atoms with Gasteiger partial charge in [-0.3, -0.25) is 0 Å². The average molecular weight is 346 g/mol. The second-order valence-corrected chi connectivity index (χ2v) is 6.91. The Bertz CT molecular complexity index is 1090. The van der Waals surface area contributed by atoms with E-state index >= 15 is 0 Å². The molecule has 0 saturated carbocycles. The standard InChI is InChI=1S/C19H14N4OS/c1-12-5-4-7-14(9-12)18-20-21-19-23(18)22-15(11-25-19)17-10-13-6-2-3-8-16(13)24-17/h2-10H,11H2,1H3. The molecule has 2 aromatic carbocycles. The van der Waals surface area contributed by atoms with Gasteiger partial charge in [0.15, 0.2) is 11.6 Å². The van der Waals surface area contributed by atoms with Gasteiger partial charge in [-0.05, 0) is 25.1 Å². The van der Waals surface area contributed by atoms with E-state index in [-0.39, 0.29) is 0 Å². The fourth-order valence-corrected chi connectivity index (χ4v) is 3.75. The molecule has 0 fully saturated rings. The lowest BCUT2D eigenvalue weighted by atomic mass is 10.1. The molecule has 122 valence electrons. The number of furan rings is 1. The van der Waals surface area contributed by atoms with Gasteiger partial charge in [0, 0.05) is 16.7 Å². The number of hydrogen-bond acceptors (Lipinski definition) is 5. The Hall–Kier alpha value is -2.86. The molecule has 1 aliphatic rings. The van der Waals surface area contributed by atoms with Crippen molar-refractivity contribution >= 4 is 28.4 Å². The molecule has 0 aliphatic carbocycles. The fraction of sp³-hybridized carbons (Fsp3) is 0.105. The second-order valence-electron chi connectivity index (χ2n) is 5.97. The summed E-state index contributed by atoms with van der Waals surface area (Å²) < 4.78 is 7.78. The summed E-state index contributed by atoms with van der Waals surface area (Å²) in [6, 6.07) is 18.2. The predicted octanol–water partition coefficient (Wildman–Crippen LogP) is 4.36. The molecule has 6 heteroatoms. The van der Waals surface area contributed by atoms with E-state index in [2.05, 4.69) is 29.3 Å². The lowest BCUT2D eigenvalue weighted by molar-refractivity contribution is 0.601. The van der Waals surface area contributed by atoms with Crippen LogP contribution in [0.3, 0.4) is 0 Å². The first-order valence-electron chi connectivity index (χ1n) is 8.00. The number of aryl methyl sites for hydroxylation is 1. The Balaban J connectivity index is 1.62. The van der Waals surface area contributed by atoms with Crippen LogP contribution in [0.1, 0.15) is 11.3 Å². The number of hydrogen-bond donors (Lipinski definition) is 0. The Morgan fingerprint density at radius 3 is 2.84 bits per heavy atom. The van der Waals surface area contributed by atoms with Gasteiger partial charge in [-0.2, -0.15) is 9.78 Å². The monoisotopic (exact) mass is 346 g/mol. The Morgan fingerprint density at radius 1 is 1.04 bits per heavy atom. The highest BCUT2D eigenvalue weighted by atomic mass is 32.2. The summed E-state index contributed by atoms with van der Waals surface area (Å²) in [6.45, 7) is 2.06. The molecule has 1 aliphatic heterocycles. The third kappa shape index (κ3) is 2.46. The van der Waals surface area contributed by atoms with E-state index < -0.39 is 0 Å². The van der Waals surface area contributed by atoms with E-state index in [4.69, 9.17) is 9.52 Å². The van der Waals surface area contributed by atoms with Gasteiger partial charge in [0.05, 0.1) is 0 Å². The Morgan fingerprint density at radius 2 is 1.96 bits per heavy atom. The molecule has 4 aromatic rings. The summed E-state index contributed by atoms with van der Waals surface area (Å²) in [5.41, 5.74) is 3.95. The summed E-state index contributed by atoms with van der Waals surface area (Å²) >= 11 is 1.62. The van der Waals surface area contributed by atoms with E-state index in [1.807, 2.05) is 47.1 Å². The van der Waals surface area contributed by atoms with Gasteiger partial charge in [-0.1, -0.05) is 53.7 Å². The molecular formula is C19H14N4OS. The molecule has 2 aromatic heterocycles. The third-order valence-electron chi connectivity index (χ3n) is 4.16. The van der Waals surface area contributed by atoms with Gasteiger partial charge in [0.25, 0.3) is 0 Å². The highest BCUT2D eigenvalue weighted by molar-refractivity contribution is 7.99. The average Bonchev–Trinajstić information content (AvgIpc) is 3.25. The van der Waals surface area contributed by atoms with Crippen LogP contribution in [0.15, 0.2) is 69.3 Å². The maximum absolute atomic E-state index is 5.97. The molecule has 0 saturated heterocycles. The highest BCUT2D eigenvalue weighted by Crippen LogP contribution is 2.30. The van der Waals surface area contributed by atoms with Gasteiger partial charge < -0.3 is 4.42 Å². The number of benzene rings is 2. The van der Waals surface area contributed by atoms with E-state index in [0.29, 0.717) is 5.75 Å². The molecule has 25 heavy (non-hydrogen) atoms. The van der Waals surface area contributed by atoms with Crippen molar-refractivity contribution in [2.45, 2.75) is 12.1 Å². The highest BCUT2D eigenvalue weighted by Gasteiger charge is 2.22. The molecule has 0 radical (unpaired) electrons. The maximum atomic E-state index is 5.97. The van der Waals surface area contributed by atoms with Crippen LogP contribution in [0.2, 0.25) is 0 Å². The number of rotatable bonds is 2. The topological polar surface area (TPSA) is 56.2 Å². The summed E-state index contributed by atoms with van der Waals surface area (Å²) in [7, 11) is 0. The molecule has 3 heterocycles. The van der Waals surface area contributed by atoms with Crippen molar-refractivity contribution in [3.63, 3.8) is 0 Å². The number of aromatic nitrogens is 3. The summed E-state index contributed by atoms with van der Waals surface area (Å²) in [5, 5.41) is 15.3. The van der Waals surface area contributed by atoms with Gasteiger partial charge in [0.2, 0.25) is 5.16 Å². The van der Waals surface area contributed by atoms with Crippen LogP contribution in [0.25, 0.3) is 22.4 Å². The maximum Gasteiger partial charge on any atom is 0.212 e. The molecule has 5 rings (SSSR count). The normalized spacial score (nSPS) is 13.7. The van der Waals surface area contributed by atoms with Crippen molar-refractivity contribution in [2.24, 2.45) is 5.10 Å². The van der Waals surface area contributed by atoms with Crippen LogP contribution in [-0.4, -0.2) is 26.3 Å². The smallest absolute Gasteiger partial charge is 0.212 e. The number of nitrogens with zero attached hydrogens (tertiary/aromatic N) is 4. The van der Waals surface area contributed by atoms with Crippen molar-refractivity contribution in [1.29, 1.82) is 0 Å². The number of thioether (sulfide) groups is 1. The van der Waals surface area contributed by atoms with Crippen molar-refractivity contribution in [3.05, 3.63) is 65.9 Å². The van der Waals surface area contributed by atoms with Crippen LogP contribution in [0, 0.1) is 6.92 Å². The molecule has 0 unspecified atom stereocenters. The first-order chi connectivity index (χ1) is 12.3. The summed E-state index contributed by atoms with van der Waals surface area (Å²) in [6.07, 6.45) is 0. The van der Waals surface area contributed by atoms with Crippen LogP contribution < -0.4 is 0 Å². The lowest BCUT2D eigenvalue weighted by Crippen LogP contribution is -2.13. The van der Waals surface area contributed by atoms with E-state index in [9.17, 15) is 0 Å². The second kappa shape index (κ2) is 5.60.